The molecular formula is C23H14BrN5O8. The van der Waals surface area contributed by atoms with Crippen LogP contribution in [0, 0.1) is 48.6 Å². The predicted molar refractivity (Wildman–Crippen MR) is 134 cm³/mol. The number of ether oxygens (including phenoxy) is 1. The second-order valence-electron chi connectivity index (χ2n) is 7.34. The van der Waals surface area contributed by atoms with E-state index in [0.717, 1.165) is 18.2 Å². The van der Waals surface area contributed by atoms with Crippen LogP contribution < -0.4 is 10.1 Å². The smallest absolute Gasteiger partial charge is 0.318 e. The second kappa shape index (κ2) is 11.1. The van der Waals surface area contributed by atoms with Gasteiger partial charge in [0.15, 0.2) is 0 Å². The van der Waals surface area contributed by atoms with Crippen LogP contribution in [0.25, 0.3) is 6.08 Å². The lowest BCUT2D eigenvalue weighted by Crippen LogP contribution is -2.14. The van der Waals surface area contributed by atoms with E-state index < -0.39 is 32.1 Å². The summed E-state index contributed by atoms with van der Waals surface area (Å²) in [6.07, 6.45) is 1.27. The monoisotopic (exact) mass is 567 g/mol. The summed E-state index contributed by atoms with van der Waals surface area (Å²) in [5, 5.41) is 45.2. The molecule has 1 amide bonds. The van der Waals surface area contributed by atoms with Crippen molar-refractivity contribution in [1.29, 1.82) is 5.26 Å². The Labute approximate surface area is 216 Å². The van der Waals surface area contributed by atoms with E-state index in [1.807, 2.05) is 0 Å². The van der Waals surface area contributed by atoms with Crippen molar-refractivity contribution >= 4 is 50.7 Å². The van der Waals surface area contributed by atoms with Crippen molar-refractivity contribution in [3.8, 4) is 17.6 Å². The number of hydrogen-bond acceptors (Lipinski definition) is 9. The molecule has 0 saturated carbocycles. The van der Waals surface area contributed by atoms with Crippen LogP contribution in [0.5, 0.6) is 11.5 Å². The number of nitrogens with zero attached hydrogens (tertiary/aromatic N) is 4. The zero-order valence-electron chi connectivity index (χ0n) is 18.7. The third kappa shape index (κ3) is 6.29. The van der Waals surface area contributed by atoms with Gasteiger partial charge >= 0.3 is 5.69 Å². The Balaban J connectivity index is 1.85. The number of nitro benzene ring substituents is 3. The molecule has 0 aliphatic heterocycles. The van der Waals surface area contributed by atoms with Crippen molar-refractivity contribution in [3.63, 3.8) is 0 Å². The van der Waals surface area contributed by atoms with Crippen molar-refractivity contribution in [2.75, 3.05) is 5.32 Å². The molecule has 0 heterocycles. The zero-order valence-corrected chi connectivity index (χ0v) is 20.3. The van der Waals surface area contributed by atoms with Crippen LogP contribution in [0.3, 0.4) is 0 Å². The largest absolute Gasteiger partial charge is 0.449 e. The number of non-ortho nitro benzene ring substituents is 2. The summed E-state index contributed by atoms with van der Waals surface area (Å²) in [7, 11) is 0. The number of aryl methyl sites for hydroxylation is 1. The first-order chi connectivity index (χ1) is 17.5. The van der Waals surface area contributed by atoms with Crippen LogP contribution in [-0.4, -0.2) is 20.7 Å². The lowest BCUT2D eigenvalue weighted by atomic mass is 10.1. The van der Waals surface area contributed by atoms with E-state index in [-0.39, 0.29) is 28.4 Å². The number of benzene rings is 3. The number of carbonyl (C=O) groups is 1. The summed E-state index contributed by atoms with van der Waals surface area (Å²) < 4.78 is 5.87. The highest BCUT2D eigenvalue weighted by Gasteiger charge is 2.22. The predicted octanol–water partition coefficient (Wildman–Crippen LogP) is 5.82. The van der Waals surface area contributed by atoms with Gasteiger partial charge in [0.1, 0.15) is 17.4 Å². The van der Waals surface area contributed by atoms with Crippen molar-refractivity contribution in [3.05, 3.63) is 106 Å². The average Bonchev–Trinajstić information content (AvgIpc) is 2.85. The summed E-state index contributed by atoms with van der Waals surface area (Å²) >= 11 is 3.26. The van der Waals surface area contributed by atoms with Crippen LogP contribution in [0.2, 0.25) is 0 Å². The summed E-state index contributed by atoms with van der Waals surface area (Å²) in [5.41, 5.74) is -0.476. The van der Waals surface area contributed by atoms with Crippen molar-refractivity contribution in [1.82, 2.24) is 0 Å². The Morgan fingerprint density at radius 3 is 2.16 bits per heavy atom. The first-order valence-corrected chi connectivity index (χ1v) is 10.9. The minimum atomic E-state index is -0.811. The van der Waals surface area contributed by atoms with Crippen molar-refractivity contribution < 1.29 is 24.3 Å². The minimum Gasteiger partial charge on any atom is -0.449 e. The van der Waals surface area contributed by atoms with Crippen LogP contribution in [0.4, 0.5) is 22.7 Å². The van der Waals surface area contributed by atoms with Crippen LogP contribution in [0.15, 0.2) is 64.6 Å². The molecule has 0 fully saturated rings. The highest BCUT2D eigenvalue weighted by Crippen LogP contribution is 2.37. The molecule has 3 aromatic carbocycles. The molecule has 0 aromatic heterocycles. The van der Waals surface area contributed by atoms with Crippen molar-refractivity contribution in [2.24, 2.45) is 0 Å². The number of amides is 1. The molecule has 0 bridgehead atoms. The fourth-order valence-corrected chi connectivity index (χ4v) is 3.50. The van der Waals surface area contributed by atoms with Gasteiger partial charge in [-0.15, -0.1) is 0 Å². The number of nitro groups is 3. The number of hydrogen-bond donors (Lipinski definition) is 1. The van der Waals surface area contributed by atoms with Gasteiger partial charge in [-0.3, -0.25) is 35.1 Å². The molecule has 186 valence electrons. The van der Waals surface area contributed by atoms with Gasteiger partial charge in [0, 0.05) is 18.2 Å². The molecule has 0 radical (unpaired) electrons. The van der Waals surface area contributed by atoms with Gasteiger partial charge in [-0.1, -0.05) is 12.1 Å². The Hall–Kier alpha value is -5.16. The quantitative estimate of drug-likeness (QED) is 0.151. The van der Waals surface area contributed by atoms with Gasteiger partial charge in [0.2, 0.25) is 5.75 Å². The van der Waals surface area contributed by atoms with Crippen LogP contribution >= 0.6 is 15.9 Å². The number of rotatable bonds is 8. The molecule has 0 aliphatic carbocycles. The van der Waals surface area contributed by atoms with Crippen LogP contribution in [-0.2, 0) is 4.79 Å². The average molecular weight is 568 g/mol. The normalized spacial score (nSPS) is 10.8. The Morgan fingerprint density at radius 1 is 0.946 bits per heavy atom. The summed E-state index contributed by atoms with van der Waals surface area (Å²) in [6, 6.07) is 13.0. The molecule has 0 atom stereocenters. The number of halogens is 1. The molecule has 13 nitrogen and oxygen atoms in total. The van der Waals surface area contributed by atoms with Crippen molar-refractivity contribution in [2.45, 2.75) is 6.92 Å². The molecular weight excluding hydrogens is 554 g/mol. The van der Waals surface area contributed by atoms with Gasteiger partial charge in [-0.05, 0) is 58.3 Å². The Bertz CT molecular complexity index is 1530. The lowest BCUT2D eigenvalue weighted by molar-refractivity contribution is -0.394. The topological polar surface area (TPSA) is 192 Å². The van der Waals surface area contributed by atoms with E-state index in [2.05, 4.69) is 21.2 Å². The van der Waals surface area contributed by atoms with Crippen LogP contribution in [0.1, 0.15) is 11.1 Å². The fourth-order valence-electron chi connectivity index (χ4n) is 3.02. The molecule has 1 N–H and O–H groups in total. The third-order valence-electron chi connectivity index (χ3n) is 4.88. The highest BCUT2D eigenvalue weighted by atomic mass is 79.9. The summed E-state index contributed by atoms with van der Waals surface area (Å²) in [6.45, 7) is 1.64. The van der Waals surface area contributed by atoms with Gasteiger partial charge < -0.3 is 10.1 Å². The molecule has 0 spiro atoms. The van der Waals surface area contributed by atoms with Gasteiger partial charge in [0.05, 0.1) is 31.0 Å². The van der Waals surface area contributed by atoms with E-state index >= 15 is 0 Å². The van der Waals surface area contributed by atoms with Gasteiger partial charge in [-0.2, -0.15) is 5.26 Å². The zero-order chi connectivity index (χ0) is 27.3. The summed E-state index contributed by atoms with van der Waals surface area (Å²) in [5.74, 6) is -0.891. The standard InChI is InChI=1S/C23H14BrN5O8/c1-13-2-4-16(27(31)32)10-19(13)26-23(30)15(12-25)8-14-3-6-21(18(24)9-14)37-22-7-5-17(28(33)34)11-20(22)29(35)36/h2-11H,1H3,(H,26,30)/b15-8+. The minimum absolute atomic E-state index is 0.129. The SMILES string of the molecule is Cc1ccc([N+](=O)[O-])cc1NC(=O)/C(C#N)=C/c1ccc(Oc2ccc([N+](=O)[O-])cc2[N+](=O)[O-])c(Br)c1. The van der Waals surface area contributed by atoms with E-state index in [1.54, 1.807) is 13.0 Å². The third-order valence-corrected chi connectivity index (χ3v) is 5.50. The number of nitriles is 1. The molecule has 14 heteroatoms. The first kappa shape index (κ1) is 26.4. The maximum absolute atomic E-state index is 12.6. The fraction of sp³-hybridized carbons (Fsp3) is 0.0435. The first-order valence-electron chi connectivity index (χ1n) is 10.1. The Kier molecular flexibility index (Phi) is 7.90. The van der Waals surface area contributed by atoms with E-state index in [4.69, 9.17) is 4.74 Å². The van der Waals surface area contributed by atoms with E-state index in [9.17, 15) is 40.4 Å². The molecule has 3 rings (SSSR count). The number of carbonyl (C=O) groups excluding carboxylic acids is 1. The van der Waals surface area contributed by atoms with E-state index in [0.29, 0.717) is 15.6 Å². The van der Waals surface area contributed by atoms with Gasteiger partial charge in [0.25, 0.3) is 17.3 Å². The maximum Gasteiger partial charge on any atom is 0.318 e. The molecule has 0 aliphatic rings. The number of anilines is 1. The molecule has 0 unspecified atom stereocenters. The maximum atomic E-state index is 12.6. The lowest BCUT2D eigenvalue weighted by Gasteiger charge is -2.10. The second-order valence-corrected chi connectivity index (χ2v) is 8.19. The number of nitrogens with one attached hydrogen (secondary N) is 1. The Morgan fingerprint density at radius 2 is 1.57 bits per heavy atom. The summed E-state index contributed by atoms with van der Waals surface area (Å²) in [4.78, 5) is 43.7. The molecule has 37 heavy (non-hydrogen) atoms. The molecule has 0 saturated heterocycles. The highest BCUT2D eigenvalue weighted by molar-refractivity contribution is 9.10. The molecule has 3 aromatic rings. The van der Waals surface area contributed by atoms with Gasteiger partial charge in [-0.25, -0.2) is 0 Å². The van der Waals surface area contributed by atoms with E-state index in [1.165, 1.54) is 42.5 Å².